The minimum absolute atomic E-state index is 0.120. The molecule has 0 amide bonds. The van der Waals surface area contributed by atoms with Gasteiger partial charge in [-0.05, 0) is 78.4 Å². The predicted octanol–water partition coefficient (Wildman–Crippen LogP) is 4.39. The van der Waals surface area contributed by atoms with Gasteiger partial charge in [0.1, 0.15) is 11.5 Å². The van der Waals surface area contributed by atoms with Crippen molar-refractivity contribution in [1.29, 1.82) is 0 Å². The topological polar surface area (TPSA) is 92.3 Å². The maximum atomic E-state index is 13.8. The fraction of sp³-hybridized carbons (Fsp3) is 0.179. The van der Waals surface area contributed by atoms with Crippen molar-refractivity contribution in [1.82, 2.24) is 4.57 Å². The maximum Gasteiger partial charge on any atom is 0.338 e. The molecule has 0 spiro atoms. The van der Waals surface area contributed by atoms with Crippen LogP contribution < -0.4 is 24.4 Å². The molecule has 4 aromatic rings. The van der Waals surface area contributed by atoms with E-state index in [9.17, 15) is 9.59 Å². The van der Waals surface area contributed by atoms with E-state index in [0.717, 1.165) is 9.13 Å². The molecular weight excluding hydrogens is 619 g/mol. The molecule has 2 aromatic heterocycles. The SMILES string of the molecule is CCOC(=O)C1=C(C)N=c2s/c(=C\c3ccc(-c4ccc(I)cc4)o3)c(=O)n2C1c1ccc2c(c1)OCO2. The predicted molar refractivity (Wildman–Crippen MR) is 150 cm³/mol. The van der Waals surface area contributed by atoms with Crippen LogP contribution in [-0.4, -0.2) is 23.9 Å². The number of benzene rings is 2. The van der Waals surface area contributed by atoms with Crippen LogP contribution in [0.4, 0.5) is 0 Å². The number of ether oxygens (including phenoxy) is 3. The molecule has 6 rings (SSSR count). The number of carbonyl (C=O) groups excluding carboxylic acids is 1. The second-order valence-electron chi connectivity index (χ2n) is 8.62. The highest BCUT2D eigenvalue weighted by Gasteiger charge is 2.34. The Morgan fingerprint density at radius 2 is 1.95 bits per heavy atom. The molecular formula is C28H21IN2O6S. The lowest BCUT2D eigenvalue weighted by atomic mass is 9.95. The monoisotopic (exact) mass is 640 g/mol. The van der Waals surface area contributed by atoms with Gasteiger partial charge in [0.25, 0.3) is 5.56 Å². The van der Waals surface area contributed by atoms with Gasteiger partial charge < -0.3 is 18.6 Å². The number of fused-ring (bicyclic) bond motifs is 2. The third kappa shape index (κ3) is 4.37. The van der Waals surface area contributed by atoms with Gasteiger partial charge in [0.15, 0.2) is 16.3 Å². The van der Waals surface area contributed by atoms with Gasteiger partial charge in [-0.1, -0.05) is 29.5 Å². The number of rotatable bonds is 5. The van der Waals surface area contributed by atoms with Gasteiger partial charge in [-0.15, -0.1) is 0 Å². The molecule has 0 N–H and O–H groups in total. The first-order valence-electron chi connectivity index (χ1n) is 11.9. The van der Waals surface area contributed by atoms with Crippen molar-refractivity contribution < 1.29 is 23.4 Å². The minimum atomic E-state index is -0.735. The molecule has 0 saturated carbocycles. The number of halogens is 1. The van der Waals surface area contributed by atoms with Crippen LogP contribution in [0.5, 0.6) is 11.5 Å². The summed E-state index contributed by atoms with van der Waals surface area (Å²) in [4.78, 5) is 32.0. The molecule has 10 heteroatoms. The molecule has 38 heavy (non-hydrogen) atoms. The van der Waals surface area contributed by atoms with Gasteiger partial charge in [0.2, 0.25) is 6.79 Å². The molecule has 1 atom stereocenters. The van der Waals surface area contributed by atoms with Crippen LogP contribution in [0, 0.1) is 3.57 Å². The van der Waals surface area contributed by atoms with Crippen LogP contribution in [-0.2, 0) is 9.53 Å². The largest absolute Gasteiger partial charge is 0.463 e. The fourth-order valence-corrected chi connectivity index (χ4v) is 5.91. The summed E-state index contributed by atoms with van der Waals surface area (Å²) in [5, 5.41) is 0. The Kier molecular flexibility index (Phi) is 6.44. The number of allylic oxidation sites excluding steroid dienone is 1. The van der Waals surface area contributed by atoms with Crippen molar-refractivity contribution in [2.75, 3.05) is 13.4 Å². The van der Waals surface area contributed by atoms with E-state index in [2.05, 4.69) is 27.6 Å². The lowest BCUT2D eigenvalue weighted by Gasteiger charge is -2.24. The molecule has 8 nitrogen and oxygen atoms in total. The first-order chi connectivity index (χ1) is 18.4. The quantitative estimate of drug-likeness (QED) is 0.238. The van der Waals surface area contributed by atoms with Crippen LogP contribution in [0.25, 0.3) is 17.4 Å². The lowest BCUT2D eigenvalue weighted by Crippen LogP contribution is -2.39. The number of furan rings is 1. The second kappa shape index (κ2) is 9.91. The first kappa shape index (κ1) is 24.7. The highest BCUT2D eigenvalue weighted by molar-refractivity contribution is 14.1. The molecule has 1 unspecified atom stereocenters. The standard InChI is InChI=1S/C28H21IN2O6S/c1-3-34-27(33)24-15(2)30-28-31(25(24)17-6-10-21-22(12-17)36-14-35-21)26(32)23(38-28)13-19-9-11-20(37-19)16-4-7-18(29)8-5-16/h4-13,25H,3,14H2,1-2H3/b23-13-. The Morgan fingerprint density at radius 3 is 2.74 bits per heavy atom. The summed E-state index contributed by atoms with van der Waals surface area (Å²) in [7, 11) is 0. The molecule has 0 bridgehead atoms. The van der Waals surface area contributed by atoms with Crippen LogP contribution in [0.1, 0.15) is 31.2 Å². The molecule has 4 heterocycles. The van der Waals surface area contributed by atoms with Gasteiger partial charge >= 0.3 is 5.97 Å². The summed E-state index contributed by atoms with van der Waals surface area (Å²) in [6, 6.07) is 16.4. The van der Waals surface area contributed by atoms with E-state index in [1.54, 1.807) is 32.1 Å². The van der Waals surface area contributed by atoms with E-state index in [4.69, 9.17) is 18.6 Å². The van der Waals surface area contributed by atoms with Crippen LogP contribution in [0.15, 0.2) is 80.1 Å². The molecule has 0 fully saturated rings. The Labute approximate surface area is 234 Å². The van der Waals surface area contributed by atoms with Gasteiger partial charge in [0.05, 0.1) is 28.5 Å². The molecule has 2 aliphatic heterocycles. The molecule has 2 aromatic carbocycles. The number of hydrogen-bond donors (Lipinski definition) is 0. The van der Waals surface area contributed by atoms with Gasteiger partial charge in [-0.25, -0.2) is 9.79 Å². The normalized spacial score (nSPS) is 16.4. The molecule has 0 saturated heterocycles. The van der Waals surface area contributed by atoms with E-state index < -0.39 is 12.0 Å². The summed E-state index contributed by atoms with van der Waals surface area (Å²) in [5.41, 5.74) is 2.17. The van der Waals surface area contributed by atoms with E-state index in [-0.39, 0.29) is 19.0 Å². The molecule has 0 aliphatic carbocycles. The maximum absolute atomic E-state index is 13.8. The fourth-order valence-electron chi connectivity index (χ4n) is 4.52. The highest BCUT2D eigenvalue weighted by Crippen LogP contribution is 2.38. The molecule has 192 valence electrons. The van der Waals surface area contributed by atoms with E-state index >= 15 is 0 Å². The van der Waals surface area contributed by atoms with Crippen molar-refractivity contribution in [3.8, 4) is 22.8 Å². The second-order valence-corrected chi connectivity index (χ2v) is 10.9. The van der Waals surface area contributed by atoms with Crippen molar-refractivity contribution in [2.45, 2.75) is 19.9 Å². The third-order valence-corrected chi connectivity index (χ3v) is 7.96. The van der Waals surface area contributed by atoms with Gasteiger partial charge in [-0.3, -0.25) is 9.36 Å². The number of aromatic nitrogens is 1. The number of hydrogen-bond acceptors (Lipinski definition) is 8. The Hall–Kier alpha value is -3.64. The summed E-state index contributed by atoms with van der Waals surface area (Å²) in [6.45, 7) is 3.82. The zero-order valence-corrected chi connectivity index (χ0v) is 23.4. The Bertz CT molecular complexity index is 1780. The highest BCUT2D eigenvalue weighted by atomic mass is 127. The Balaban J connectivity index is 1.47. The van der Waals surface area contributed by atoms with Crippen molar-refractivity contribution in [2.24, 2.45) is 4.99 Å². The lowest BCUT2D eigenvalue weighted by molar-refractivity contribution is -0.139. The van der Waals surface area contributed by atoms with Crippen molar-refractivity contribution >= 4 is 46.0 Å². The summed E-state index contributed by atoms with van der Waals surface area (Å²) < 4.78 is 25.5. The summed E-state index contributed by atoms with van der Waals surface area (Å²) in [5.74, 6) is 1.91. The first-order valence-corrected chi connectivity index (χ1v) is 13.8. The summed E-state index contributed by atoms with van der Waals surface area (Å²) in [6.07, 6.45) is 1.71. The molecule has 2 aliphatic rings. The summed E-state index contributed by atoms with van der Waals surface area (Å²) >= 11 is 3.50. The number of esters is 1. The minimum Gasteiger partial charge on any atom is -0.463 e. The van der Waals surface area contributed by atoms with Crippen LogP contribution in [0.2, 0.25) is 0 Å². The number of nitrogens with zero attached hydrogens (tertiary/aromatic N) is 2. The van der Waals surface area contributed by atoms with Crippen LogP contribution in [0.3, 0.4) is 0 Å². The van der Waals surface area contributed by atoms with Gasteiger partial charge in [0, 0.05) is 15.2 Å². The zero-order chi connectivity index (χ0) is 26.4. The number of carbonyl (C=O) groups is 1. The zero-order valence-electron chi connectivity index (χ0n) is 20.4. The van der Waals surface area contributed by atoms with Crippen molar-refractivity contribution in [3.05, 3.63) is 100 Å². The average molecular weight is 640 g/mol. The average Bonchev–Trinajstić information content (AvgIpc) is 3.63. The van der Waals surface area contributed by atoms with E-state index in [0.29, 0.717) is 49.2 Å². The van der Waals surface area contributed by atoms with Crippen molar-refractivity contribution in [3.63, 3.8) is 0 Å². The third-order valence-electron chi connectivity index (χ3n) is 6.26. The Morgan fingerprint density at radius 1 is 1.16 bits per heavy atom. The van der Waals surface area contributed by atoms with Crippen LogP contribution >= 0.6 is 33.9 Å². The smallest absolute Gasteiger partial charge is 0.338 e. The molecule has 0 radical (unpaired) electrons. The van der Waals surface area contributed by atoms with E-state index in [1.165, 1.54) is 15.9 Å². The van der Waals surface area contributed by atoms with Gasteiger partial charge in [-0.2, -0.15) is 0 Å². The number of thiazole rings is 1. The van der Waals surface area contributed by atoms with E-state index in [1.807, 2.05) is 42.5 Å².